The molecule has 6 heteroatoms. The van der Waals surface area contributed by atoms with Crippen LogP contribution in [0.3, 0.4) is 0 Å². The zero-order valence-electron chi connectivity index (χ0n) is 9.74. The molecule has 2 heterocycles. The van der Waals surface area contributed by atoms with Gasteiger partial charge in [-0.1, -0.05) is 6.07 Å². The van der Waals surface area contributed by atoms with Crippen molar-refractivity contribution >= 4 is 5.97 Å². The average Bonchev–Trinajstić information content (AvgIpc) is 2.40. The lowest BCUT2D eigenvalue weighted by atomic mass is 10.2. The summed E-state index contributed by atoms with van der Waals surface area (Å²) in [4.78, 5) is 23.4. The predicted molar refractivity (Wildman–Crippen MR) is 64.7 cm³/mol. The lowest BCUT2D eigenvalue weighted by Crippen LogP contribution is -2.27. The number of carbonyl (C=O) groups is 1. The molecule has 2 N–H and O–H groups in total. The minimum atomic E-state index is -1.02. The number of nitrogens with one attached hydrogen (secondary N) is 1. The quantitative estimate of drug-likeness (QED) is 0.830. The van der Waals surface area contributed by atoms with Crippen molar-refractivity contribution in [2.75, 3.05) is 7.05 Å². The minimum absolute atomic E-state index is 0.216. The van der Waals surface area contributed by atoms with Gasteiger partial charge in [0.1, 0.15) is 0 Å². The summed E-state index contributed by atoms with van der Waals surface area (Å²) in [6.45, 7) is 0. The normalized spacial score (nSPS) is 12.1. The first-order valence-electron chi connectivity index (χ1n) is 5.37. The van der Waals surface area contributed by atoms with Crippen molar-refractivity contribution in [1.29, 1.82) is 0 Å². The van der Waals surface area contributed by atoms with Crippen LogP contribution in [0.25, 0.3) is 11.4 Å². The van der Waals surface area contributed by atoms with Gasteiger partial charge in [-0.15, -0.1) is 0 Å². The number of nitrogens with zero attached hydrogens (tertiary/aromatic N) is 3. The first-order chi connectivity index (χ1) is 8.72. The molecule has 2 rings (SSSR count). The molecule has 0 saturated carbocycles. The highest BCUT2D eigenvalue weighted by Crippen LogP contribution is 2.15. The van der Waals surface area contributed by atoms with Gasteiger partial charge in [0.05, 0.1) is 11.4 Å². The third kappa shape index (κ3) is 2.49. The summed E-state index contributed by atoms with van der Waals surface area (Å²) < 4.78 is 0. The molecule has 0 aliphatic carbocycles. The van der Waals surface area contributed by atoms with Gasteiger partial charge in [0.2, 0.25) is 0 Å². The van der Waals surface area contributed by atoms with E-state index >= 15 is 0 Å². The van der Waals surface area contributed by atoms with E-state index in [1.54, 1.807) is 31.4 Å². The number of hydrogen-bond donors (Lipinski definition) is 2. The third-order valence-corrected chi connectivity index (χ3v) is 2.40. The Hall–Kier alpha value is -2.34. The van der Waals surface area contributed by atoms with Gasteiger partial charge < -0.3 is 10.4 Å². The maximum absolute atomic E-state index is 11.0. The first kappa shape index (κ1) is 12.1. The number of carboxylic acids is 1. The van der Waals surface area contributed by atoms with Crippen LogP contribution in [0, 0.1) is 0 Å². The molecule has 0 spiro atoms. The Morgan fingerprint density at radius 1 is 1.22 bits per heavy atom. The van der Waals surface area contributed by atoms with Crippen LogP contribution in [-0.2, 0) is 4.79 Å². The van der Waals surface area contributed by atoms with Gasteiger partial charge in [0, 0.05) is 12.4 Å². The van der Waals surface area contributed by atoms with Crippen LogP contribution in [0.1, 0.15) is 11.9 Å². The maximum Gasteiger partial charge on any atom is 0.328 e. The first-order valence-corrected chi connectivity index (χ1v) is 5.37. The van der Waals surface area contributed by atoms with E-state index in [0.29, 0.717) is 11.4 Å². The van der Waals surface area contributed by atoms with E-state index in [9.17, 15) is 4.79 Å². The molecule has 0 bridgehead atoms. The second-order valence-electron chi connectivity index (χ2n) is 3.57. The minimum Gasteiger partial charge on any atom is -0.480 e. The third-order valence-electron chi connectivity index (χ3n) is 2.40. The summed E-state index contributed by atoms with van der Waals surface area (Å²) in [7, 11) is 1.55. The van der Waals surface area contributed by atoms with Gasteiger partial charge in [-0.2, -0.15) is 0 Å². The van der Waals surface area contributed by atoms with E-state index in [-0.39, 0.29) is 5.82 Å². The van der Waals surface area contributed by atoms with E-state index in [2.05, 4.69) is 20.3 Å². The van der Waals surface area contributed by atoms with E-state index < -0.39 is 12.0 Å². The van der Waals surface area contributed by atoms with Gasteiger partial charge >= 0.3 is 5.97 Å². The van der Waals surface area contributed by atoms with Crippen molar-refractivity contribution in [3.05, 3.63) is 42.5 Å². The summed E-state index contributed by atoms with van der Waals surface area (Å²) in [6.07, 6.45) is 3.18. The highest BCUT2D eigenvalue weighted by atomic mass is 16.4. The van der Waals surface area contributed by atoms with Crippen LogP contribution >= 0.6 is 0 Å². The SMILES string of the molecule is CNC(C(=O)O)c1nccc(-c2ccccn2)n1. The summed E-state index contributed by atoms with van der Waals surface area (Å²) in [5.41, 5.74) is 1.28. The maximum atomic E-state index is 11.0. The van der Waals surface area contributed by atoms with Gasteiger partial charge in [0.25, 0.3) is 0 Å². The highest BCUT2D eigenvalue weighted by Gasteiger charge is 2.20. The van der Waals surface area contributed by atoms with Crippen LogP contribution in [0.5, 0.6) is 0 Å². The Morgan fingerprint density at radius 2 is 2.06 bits per heavy atom. The number of rotatable bonds is 4. The molecule has 0 amide bonds. The summed E-state index contributed by atoms with van der Waals surface area (Å²) >= 11 is 0. The second-order valence-corrected chi connectivity index (χ2v) is 3.57. The molecule has 0 radical (unpaired) electrons. The largest absolute Gasteiger partial charge is 0.480 e. The molecule has 6 nitrogen and oxygen atoms in total. The van der Waals surface area contributed by atoms with Crippen LogP contribution in [0.15, 0.2) is 36.7 Å². The predicted octanol–water partition coefficient (Wildman–Crippen LogP) is 0.884. The standard InChI is InChI=1S/C12H12N4O2/c1-13-10(12(17)18)11-15-7-5-9(16-11)8-4-2-3-6-14-8/h2-7,10,13H,1H3,(H,17,18). The van der Waals surface area contributed by atoms with Crippen molar-refractivity contribution < 1.29 is 9.90 Å². The summed E-state index contributed by atoms with van der Waals surface area (Å²) in [5, 5.41) is 11.7. The van der Waals surface area contributed by atoms with Crippen molar-refractivity contribution in [3.8, 4) is 11.4 Å². The van der Waals surface area contributed by atoms with E-state index in [1.807, 2.05) is 6.07 Å². The van der Waals surface area contributed by atoms with Crippen molar-refractivity contribution in [2.45, 2.75) is 6.04 Å². The summed E-state index contributed by atoms with van der Waals surface area (Å²) in [6, 6.07) is 6.23. The number of aliphatic carboxylic acids is 1. The van der Waals surface area contributed by atoms with E-state index in [4.69, 9.17) is 5.11 Å². The Balaban J connectivity index is 2.39. The fourth-order valence-electron chi connectivity index (χ4n) is 1.53. The van der Waals surface area contributed by atoms with Crippen LogP contribution < -0.4 is 5.32 Å². The molecule has 0 fully saturated rings. The zero-order chi connectivity index (χ0) is 13.0. The van der Waals surface area contributed by atoms with Crippen LogP contribution in [0.2, 0.25) is 0 Å². The van der Waals surface area contributed by atoms with E-state index in [1.165, 1.54) is 6.20 Å². The van der Waals surface area contributed by atoms with E-state index in [0.717, 1.165) is 0 Å². The molecule has 92 valence electrons. The Kier molecular flexibility index (Phi) is 3.59. The lowest BCUT2D eigenvalue weighted by molar-refractivity contribution is -0.139. The molecule has 1 atom stereocenters. The topological polar surface area (TPSA) is 88.0 Å². The monoisotopic (exact) mass is 244 g/mol. The molecule has 0 aliphatic heterocycles. The average molecular weight is 244 g/mol. The van der Waals surface area contributed by atoms with Crippen LogP contribution in [-0.4, -0.2) is 33.1 Å². The molecule has 0 aliphatic rings. The smallest absolute Gasteiger partial charge is 0.328 e. The fourth-order valence-corrected chi connectivity index (χ4v) is 1.53. The van der Waals surface area contributed by atoms with Crippen LogP contribution in [0.4, 0.5) is 0 Å². The molecule has 2 aromatic rings. The molecule has 0 saturated heterocycles. The number of pyridine rings is 1. The van der Waals surface area contributed by atoms with Gasteiger partial charge in [0.15, 0.2) is 11.9 Å². The second kappa shape index (κ2) is 5.33. The van der Waals surface area contributed by atoms with Gasteiger partial charge in [-0.25, -0.2) is 9.97 Å². The Bertz CT molecular complexity index is 545. The molecule has 2 aromatic heterocycles. The van der Waals surface area contributed by atoms with Gasteiger partial charge in [-0.05, 0) is 25.2 Å². The van der Waals surface area contributed by atoms with Gasteiger partial charge in [-0.3, -0.25) is 9.78 Å². The Morgan fingerprint density at radius 3 is 2.67 bits per heavy atom. The molecule has 1 unspecified atom stereocenters. The molecule has 0 aromatic carbocycles. The fraction of sp³-hybridized carbons (Fsp3) is 0.167. The van der Waals surface area contributed by atoms with Crippen molar-refractivity contribution in [1.82, 2.24) is 20.3 Å². The summed E-state index contributed by atoms with van der Waals surface area (Å²) in [5.74, 6) is -0.802. The molecular formula is C12H12N4O2. The number of hydrogen-bond acceptors (Lipinski definition) is 5. The lowest BCUT2D eigenvalue weighted by Gasteiger charge is -2.10. The number of aromatic nitrogens is 3. The van der Waals surface area contributed by atoms with Crippen molar-refractivity contribution in [3.63, 3.8) is 0 Å². The van der Waals surface area contributed by atoms with Crippen molar-refractivity contribution in [2.24, 2.45) is 0 Å². The number of likely N-dealkylation sites (N-methyl/N-ethyl adjacent to an activating group) is 1. The Labute approximate surface area is 104 Å². The molecular weight excluding hydrogens is 232 g/mol. The zero-order valence-corrected chi connectivity index (χ0v) is 9.74. The highest BCUT2D eigenvalue weighted by molar-refractivity contribution is 5.74. The number of carboxylic acid groups (broad SMARTS) is 1. The molecule has 18 heavy (non-hydrogen) atoms.